The lowest BCUT2D eigenvalue weighted by Gasteiger charge is -2.25. The van der Waals surface area contributed by atoms with Gasteiger partial charge in [-0.15, -0.1) is 0 Å². The predicted octanol–water partition coefficient (Wildman–Crippen LogP) is 2.46. The molecular weight excluding hydrogens is 242 g/mol. The number of rotatable bonds is 7. The van der Waals surface area contributed by atoms with Gasteiger partial charge in [-0.25, -0.2) is 0 Å². The highest BCUT2D eigenvalue weighted by atomic mass is 16.7. The zero-order chi connectivity index (χ0) is 13.7. The zero-order valence-corrected chi connectivity index (χ0v) is 12.0. The van der Waals surface area contributed by atoms with Crippen LogP contribution in [-0.4, -0.2) is 39.7 Å². The lowest BCUT2D eigenvalue weighted by molar-refractivity contribution is -0.129. The summed E-state index contributed by atoms with van der Waals surface area (Å²) in [5.41, 5.74) is 2.61. The van der Waals surface area contributed by atoms with Crippen LogP contribution in [-0.2, 0) is 15.9 Å². The molecule has 0 spiro atoms. The lowest BCUT2D eigenvalue weighted by atomic mass is 10.1. The van der Waals surface area contributed by atoms with Crippen LogP contribution in [0.5, 0.6) is 5.75 Å². The molecule has 0 aliphatic carbocycles. The minimum atomic E-state index is -0.150. The van der Waals surface area contributed by atoms with Gasteiger partial charge in [0.15, 0.2) is 6.29 Å². The van der Waals surface area contributed by atoms with Gasteiger partial charge >= 0.3 is 0 Å². The van der Waals surface area contributed by atoms with Crippen molar-refractivity contribution in [2.45, 2.75) is 26.6 Å². The predicted molar refractivity (Wildman–Crippen MR) is 76.0 cm³/mol. The van der Waals surface area contributed by atoms with E-state index in [4.69, 9.17) is 14.2 Å². The van der Waals surface area contributed by atoms with Crippen molar-refractivity contribution in [2.75, 3.05) is 38.3 Å². The number of benzene rings is 1. The summed E-state index contributed by atoms with van der Waals surface area (Å²) in [6.07, 6.45) is 0.903. The average molecular weight is 265 g/mol. The van der Waals surface area contributed by atoms with E-state index in [0.29, 0.717) is 13.2 Å². The number of fused-ring (bicyclic) bond motifs is 1. The molecule has 1 aliphatic rings. The first-order valence-corrected chi connectivity index (χ1v) is 6.93. The quantitative estimate of drug-likeness (QED) is 0.709. The molecule has 0 aromatic heterocycles. The van der Waals surface area contributed by atoms with Crippen molar-refractivity contribution in [3.05, 3.63) is 23.8 Å². The van der Waals surface area contributed by atoms with E-state index in [1.54, 1.807) is 7.11 Å². The molecule has 1 heterocycles. The molecule has 106 valence electrons. The van der Waals surface area contributed by atoms with Crippen molar-refractivity contribution < 1.29 is 14.2 Å². The molecular formula is C15H23NO3. The Bertz CT molecular complexity index is 402. The van der Waals surface area contributed by atoms with Gasteiger partial charge in [-0.2, -0.15) is 0 Å². The minimum absolute atomic E-state index is 0.150. The van der Waals surface area contributed by atoms with Gasteiger partial charge in [0.05, 0.1) is 13.7 Å². The molecule has 0 saturated carbocycles. The molecule has 2 rings (SSSR count). The maximum absolute atomic E-state index is 5.62. The Morgan fingerprint density at radius 1 is 1.21 bits per heavy atom. The van der Waals surface area contributed by atoms with Crippen molar-refractivity contribution in [1.29, 1.82) is 0 Å². The normalized spacial score (nSPS) is 14.0. The van der Waals surface area contributed by atoms with Crippen molar-refractivity contribution in [2.24, 2.45) is 0 Å². The molecule has 0 atom stereocenters. The summed E-state index contributed by atoms with van der Waals surface area (Å²) < 4.78 is 16.5. The Morgan fingerprint density at radius 3 is 2.58 bits per heavy atom. The summed E-state index contributed by atoms with van der Waals surface area (Å²) in [5.74, 6) is 0.923. The van der Waals surface area contributed by atoms with Crippen LogP contribution in [0.25, 0.3) is 0 Å². The third-order valence-electron chi connectivity index (χ3n) is 3.35. The van der Waals surface area contributed by atoms with Gasteiger partial charge in [0.1, 0.15) is 5.75 Å². The molecule has 0 N–H and O–H groups in total. The Kier molecular flexibility index (Phi) is 5.05. The monoisotopic (exact) mass is 265 g/mol. The van der Waals surface area contributed by atoms with E-state index in [2.05, 4.69) is 17.0 Å². The zero-order valence-electron chi connectivity index (χ0n) is 12.0. The van der Waals surface area contributed by atoms with E-state index in [1.165, 1.54) is 11.3 Å². The van der Waals surface area contributed by atoms with Crippen molar-refractivity contribution >= 4 is 5.69 Å². The lowest BCUT2D eigenvalue weighted by Crippen LogP contribution is -2.34. The number of anilines is 1. The van der Waals surface area contributed by atoms with E-state index in [9.17, 15) is 0 Å². The van der Waals surface area contributed by atoms with Gasteiger partial charge in [-0.3, -0.25) is 0 Å². The SMILES string of the molecule is CCOC(CN1CCc2cc(OC)ccc21)OCC. The van der Waals surface area contributed by atoms with E-state index in [-0.39, 0.29) is 6.29 Å². The second-order valence-corrected chi connectivity index (χ2v) is 4.53. The Labute approximate surface area is 115 Å². The molecule has 4 heteroatoms. The van der Waals surface area contributed by atoms with Crippen LogP contribution in [0.3, 0.4) is 0 Å². The van der Waals surface area contributed by atoms with E-state index < -0.39 is 0 Å². The first-order chi connectivity index (χ1) is 9.28. The maximum atomic E-state index is 5.62. The second kappa shape index (κ2) is 6.78. The Morgan fingerprint density at radius 2 is 1.95 bits per heavy atom. The standard InChI is InChI=1S/C15H23NO3/c1-4-18-15(19-5-2)11-16-9-8-12-10-13(17-3)6-7-14(12)16/h6-7,10,15H,4-5,8-9,11H2,1-3H3. The van der Waals surface area contributed by atoms with Gasteiger partial charge in [0.2, 0.25) is 0 Å². The number of hydrogen-bond acceptors (Lipinski definition) is 4. The van der Waals surface area contributed by atoms with Crippen LogP contribution in [0.4, 0.5) is 5.69 Å². The minimum Gasteiger partial charge on any atom is -0.497 e. The highest BCUT2D eigenvalue weighted by molar-refractivity contribution is 5.60. The fraction of sp³-hybridized carbons (Fsp3) is 0.600. The molecule has 0 unspecified atom stereocenters. The molecule has 19 heavy (non-hydrogen) atoms. The van der Waals surface area contributed by atoms with Crippen LogP contribution in [0.1, 0.15) is 19.4 Å². The fourth-order valence-electron chi connectivity index (χ4n) is 2.47. The number of nitrogens with zero attached hydrogens (tertiary/aromatic N) is 1. The molecule has 1 aromatic rings. The smallest absolute Gasteiger partial charge is 0.174 e. The van der Waals surface area contributed by atoms with Crippen LogP contribution in [0.15, 0.2) is 18.2 Å². The first-order valence-electron chi connectivity index (χ1n) is 6.93. The van der Waals surface area contributed by atoms with Gasteiger partial charge < -0.3 is 19.1 Å². The second-order valence-electron chi connectivity index (χ2n) is 4.53. The van der Waals surface area contributed by atoms with Crippen LogP contribution in [0.2, 0.25) is 0 Å². The van der Waals surface area contributed by atoms with E-state index in [1.807, 2.05) is 19.9 Å². The van der Waals surface area contributed by atoms with E-state index in [0.717, 1.165) is 25.3 Å². The van der Waals surface area contributed by atoms with Gasteiger partial charge in [0, 0.05) is 25.4 Å². The van der Waals surface area contributed by atoms with Gasteiger partial charge in [0.25, 0.3) is 0 Å². The number of ether oxygens (including phenoxy) is 3. The number of methoxy groups -OCH3 is 1. The Hall–Kier alpha value is -1.26. The van der Waals surface area contributed by atoms with Crippen molar-refractivity contribution in [1.82, 2.24) is 0 Å². The molecule has 1 aromatic carbocycles. The summed E-state index contributed by atoms with van der Waals surface area (Å²) in [5, 5.41) is 0. The van der Waals surface area contributed by atoms with Crippen LogP contribution < -0.4 is 9.64 Å². The summed E-state index contributed by atoms with van der Waals surface area (Å²) in [6, 6.07) is 6.25. The fourth-order valence-corrected chi connectivity index (χ4v) is 2.47. The molecule has 0 saturated heterocycles. The summed E-state index contributed by atoms with van der Waals surface area (Å²) in [7, 11) is 1.70. The molecule has 0 bridgehead atoms. The summed E-state index contributed by atoms with van der Waals surface area (Å²) >= 11 is 0. The van der Waals surface area contributed by atoms with Gasteiger partial charge in [-0.05, 0) is 44.0 Å². The third kappa shape index (κ3) is 3.39. The highest BCUT2D eigenvalue weighted by Gasteiger charge is 2.22. The molecule has 1 aliphatic heterocycles. The third-order valence-corrected chi connectivity index (χ3v) is 3.35. The van der Waals surface area contributed by atoms with Crippen molar-refractivity contribution in [3.63, 3.8) is 0 Å². The summed E-state index contributed by atoms with van der Waals surface area (Å²) in [4.78, 5) is 2.32. The summed E-state index contributed by atoms with van der Waals surface area (Å²) in [6.45, 7) is 7.13. The molecule has 4 nitrogen and oxygen atoms in total. The maximum Gasteiger partial charge on any atom is 0.174 e. The number of hydrogen-bond donors (Lipinski definition) is 0. The molecule has 0 fully saturated rings. The van der Waals surface area contributed by atoms with Gasteiger partial charge in [-0.1, -0.05) is 0 Å². The van der Waals surface area contributed by atoms with Crippen LogP contribution >= 0.6 is 0 Å². The Balaban J connectivity index is 2.04. The van der Waals surface area contributed by atoms with Crippen LogP contribution in [0, 0.1) is 0 Å². The first kappa shape index (κ1) is 14.2. The van der Waals surface area contributed by atoms with E-state index >= 15 is 0 Å². The average Bonchev–Trinajstić information content (AvgIpc) is 2.81. The molecule has 0 amide bonds. The molecule has 0 radical (unpaired) electrons. The highest BCUT2D eigenvalue weighted by Crippen LogP contribution is 2.31. The van der Waals surface area contributed by atoms with Crippen molar-refractivity contribution in [3.8, 4) is 5.75 Å². The largest absolute Gasteiger partial charge is 0.497 e. The topological polar surface area (TPSA) is 30.9 Å².